The molecule has 0 fully saturated rings. The second-order valence-electron chi connectivity index (χ2n) is 6.98. The Morgan fingerprint density at radius 2 is 1.81 bits per heavy atom. The van der Waals surface area contributed by atoms with E-state index in [1.807, 2.05) is 35.9 Å². The Bertz CT molecular complexity index is 1080. The van der Waals surface area contributed by atoms with Gasteiger partial charge in [-0.15, -0.1) is 0 Å². The Labute approximate surface area is 186 Å². The normalized spacial score (nSPS) is 11.9. The Balaban J connectivity index is 1.70. The number of carbonyl (C=O) groups is 1. The summed E-state index contributed by atoms with van der Waals surface area (Å²) >= 11 is 1.51. The lowest BCUT2D eigenvalue weighted by atomic mass is 10.0. The van der Waals surface area contributed by atoms with Gasteiger partial charge in [0, 0.05) is 12.0 Å². The Morgan fingerprint density at radius 3 is 2.41 bits per heavy atom. The van der Waals surface area contributed by atoms with Crippen LogP contribution in [0.15, 0.2) is 64.4 Å². The molecule has 0 saturated heterocycles. The van der Waals surface area contributed by atoms with Crippen molar-refractivity contribution in [2.45, 2.75) is 26.1 Å². The molecule has 168 valence electrons. The molecular formula is C23H20F3NO4S. The van der Waals surface area contributed by atoms with Crippen LogP contribution in [-0.4, -0.2) is 23.4 Å². The number of ether oxygens (including phenoxy) is 1. The molecule has 32 heavy (non-hydrogen) atoms. The summed E-state index contributed by atoms with van der Waals surface area (Å²) in [5.41, 5.74) is 3.12. The molecule has 0 radical (unpaired) electrons. The molecule has 2 aromatic carbocycles. The molecule has 1 heterocycles. The highest BCUT2D eigenvalue weighted by Crippen LogP contribution is 2.29. The minimum atomic E-state index is -4.38. The fraction of sp³-hybridized carbons (Fsp3) is 0.217. The van der Waals surface area contributed by atoms with Crippen LogP contribution < -0.4 is 4.74 Å². The molecule has 3 rings (SSSR count). The van der Waals surface area contributed by atoms with Gasteiger partial charge in [-0.2, -0.15) is 24.5 Å². The highest BCUT2D eigenvalue weighted by Gasteiger charge is 2.29. The van der Waals surface area contributed by atoms with Crippen molar-refractivity contribution in [3.63, 3.8) is 0 Å². The number of nitrogens with zero attached hydrogens (tertiary/aromatic N) is 1. The molecule has 0 bridgehead atoms. The molecular weight excluding hydrogens is 443 g/mol. The van der Waals surface area contributed by atoms with Crippen molar-refractivity contribution in [2.24, 2.45) is 5.16 Å². The topological polar surface area (TPSA) is 68.1 Å². The molecule has 0 aliphatic carbocycles. The third kappa shape index (κ3) is 6.58. The average molecular weight is 463 g/mol. The van der Waals surface area contributed by atoms with E-state index in [2.05, 4.69) is 5.16 Å². The highest BCUT2D eigenvalue weighted by molar-refractivity contribution is 7.08. The zero-order valence-electron chi connectivity index (χ0n) is 17.1. The molecule has 0 amide bonds. The van der Waals surface area contributed by atoms with E-state index in [-0.39, 0.29) is 6.61 Å². The van der Waals surface area contributed by atoms with E-state index in [1.165, 1.54) is 23.5 Å². The van der Waals surface area contributed by atoms with Crippen molar-refractivity contribution in [2.75, 3.05) is 6.61 Å². The van der Waals surface area contributed by atoms with E-state index >= 15 is 0 Å². The van der Waals surface area contributed by atoms with Gasteiger partial charge in [-0.25, -0.2) is 4.79 Å². The van der Waals surface area contributed by atoms with E-state index in [0.717, 1.165) is 28.8 Å². The first-order valence-corrected chi connectivity index (χ1v) is 10.5. The van der Waals surface area contributed by atoms with Crippen molar-refractivity contribution in [3.05, 3.63) is 87.1 Å². The van der Waals surface area contributed by atoms with Gasteiger partial charge in [0.1, 0.15) is 12.4 Å². The predicted molar refractivity (Wildman–Crippen MR) is 115 cm³/mol. The third-order valence-electron chi connectivity index (χ3n) is 4.50. The molecule has 0 unspecified atom stereocenters. The molecule has 0 aliphatic rings. The van der Waals surface area contributed by atoms with E-state index in [9.17, 15) is 18.0 Å². The number of oxime groups is 1. The van der Waals surface area contributed by atoms with Crippen LogP contribution in [0, 0.1) is 6.92 Å². The molecule has 0 atom stereocenters. The molecule has 5 nitrogen and oxygen atoms in total. The maximum atomic E-state index is 12.7. The maximum Gasteiger partial charge on any atom is 0.416 e. The molecule has 0 spiro atoms. The van der Waals surface area contributed by atoms with Crippen molar-refractivity contribution in [1.29, 1.82) is 0 Å². The minimum Gasteiger partial charge on any atom is -0.482 e. The zero-order chi connectivity index (χ0) is 23.1. The minimum absolute atomic E-state index is 0.0345. The van der Waals surface area contributed by atoms with E-state index < -0.39 is 24.3 Å². The van der Waals surface area contributed by atoms with Crippen LogP contribution in [-0.2, 0) is 28.8 Å². The number of carboxylic acids is 1. The summed E-state index contributed by atoms with van der Waals surface area (Å²) in [6.07, 6.45) is -3.93. The van der Waals surface area contributed by atoms with Crippen molar-refractivity contribution < 1.29 is 32.6 Å². The number of hydrogen-bond acceptors (Lipinski definition) is 5. The summed E-state index contributed by atoms with van der Waals surface area (Å²) in [5, 5.41) is 16.8. The fourth-order valence-electron chi connectivity index (χ4n) is 2.91. The monoisotopic (exact) mass is 463 g/mol. The Morgan fingerprint density at radius 1 is 1.09 bits per heavy atom. The predicted octanol–water partition coefficient (Wildman–Crippen LogP) is 5.70. The number of aliphatic carboxylic acids is 1. The Hall–Kier alpha value is -3.33. The Kier molecular flexibility index (Phi) is 7.53. The number of hydrogen-bond donors (Lipinski definition) is 1. The number of alkyl halides is 3. The zero-order valence-corrected chi connectivity index (χ0v) is 17.9. The molecule has 0 saturated carbocycles. The maximum absolute atomic E-state index is 12.7. The number of halogens is 3. The highest BCUT2D eigenvalue weighted by atomic mass is 32.1. The van der Waals surface area contributed by atoms with Gasteiger partial charge in [0.25, 0.3) is 0 Å². The standard InChI is InChI=1S/C23H20F3NO4S/c1-15-10-17(4-7-21(15)30-13-22(28)29)11-20(18-8-9-32-14-18)27-31-12-16-2-5-19(6-3-16)23(24,25)26/h2-10,14H,11-13H2,1H3,(H,28,29). The SMILES string of the molecule is Cc1cc(CC(=NOCc2ccc(C(F)(F)F)cc2)c2ccsc2)ccc1OCC(=O)O. The average Bonchev–Trinajstić information content (AvgIpc) is 3.27. The number of benzene rings is 2. The lowest BCUT2D eigenvalue weighted by Crippen LogP contribution is -2.10. The van der Waals surface area contributed by atoms with Gasteiger partial charge in [0.15, 0.2) is 6.61 Å². The molecule has 9 heteroatoms. The van der Waals surface area contributed by atoms with Crippen molar-refractivity contribution in [1.82, 2.24) is 0 Å². The van der Waals surface area contributed by atoms with Crippen LogP contribution in [0.3, 0.4) is 0 Å². The quantitative estimate of drug-likeness (QED) is 0.326. The van der Waals surface area contributed by atoms with E-state index in [1.54, 1.807) is 6.07 Å². The number of carboxylic acid groups (broad SMARTS) is 1. The van der Waals surface area contributed by atoms with Gasteiger partial charge in [-0.3, -0.25) is 0 Å². The van der Waals surface area contributed by atoms with Gasteiger partial charge >= 0.3 is 12.1 Å². The van der Waals surface area contributed by atoms with E-state index in [4.69, 9.17) is 14.7 Å². The number of thiophene rings is 1. The summed E-state index contributed by atoms with van der Waals surface area (Å²) in [6.45, 7) is 1.44. The lowest BCUT2D eigenvalue weighted by molar-refractivity contribution is -0.139. The first kappa shape index (κ1) is 23.3. The van der Waals surface area contributed by atoms with Crippen LogP contribution in [0.5, 0.6) is 5.75 Å². The van der Waals surface area contributed by atoms with Gasteiger partial charge in [0.2, 0.25) is 0 Å². The van der Waals surface area contributed by atoms with Gasteiger partial charge in [0.05, 0.1) is 11.3 Å². The van der Waals surface area contributed by atoms with E-state index in [0.29, 0.717) is 23.4 Å². The van der Waals surface area contributed by atoms with Crippen LogP contribution in [0.2, 0.25) is 0 Å². The summed E-state index contributed by atoms with van der Waals surface area (Å²) < 4.78 is 43.3. The van der Waals surface area contributed by atoms with Gasteiger partial charge < -0.3 is 14.7 Å². The summed E-state index contributed by atoms with van der Waals surface area (Å²) in [7, 11) is 0. The van der Waals surface area contributed by atoms with Gasteiger partial charge in [-0.1, -0.05) is 29.4 Å². The third-order valence-corrected chi connectivity index (χ3v) is 5.19. The van der Waals surface area contributed by atoms with Crippen molar-refractivity contribution >= 4 is 23.0 Å². The molecule has 3 aromatic rings. The number of aryl methyl sites for hydroxylation is 1. The first-order chi connectivity index (χ1) is 15.2. The fourth-order valence-corrected chi connectivity index (χ4v) is 3.57. The lowest BCUT2D eigenvalue weighted by Gasteiger charge is -2.11. The van der Waals surface area contributed by atoms with Crippen LogP contribution in [0.4, 0.5) is 13.2 Å². The van der Waals surface area contributed by atoms with Gasteiger partial charge in [-0.05, 0) is 58.6 Å². The smallest absolute Gasteiger partial charge is 0.416 e. The largest absolute Gasteiger partial charge is 0.482 e. The molecule has 0 aliphatic heterocycles. The van der Waals surface area contributed by atoms with Crippen molar-refractivity contribution in [3.8, 4) is 5.75 Å². The summed E-state index contributed by atoms with van der Waals surface area (Å²) in [4.78, 5) is 16.1. The second kappa shape index (κ2) is 10.3. The summed E-state index contributed by atoms with van der Waals surface area (Å²) in [6, 6.07) is 12.1. The summed E-state index contributed by atoms with van der Waals surface area (Å²) in [5.74, 6) is -0.561. The molecule has 1 N–H and O–H groups in total. The second-order valence-corrected chi connectivity index (χ2v) is 7.76. The molecule has 1 aromatic heterocycles. The van der Waals surface area contributed by atoms with Crippen LogP contribution in [0.1, 0.15) is 27.8 Å². The first-order valence-electron chi connectivity index (χ1n) is 9.54. The van der Waals surface area contributed by atoms with Crippen LogP contribution >= 0.6 is 11.3 Å². The number of rotatable bonds is 9. The van der Waals surface area contributed by atoms with Crippen LogP contribution in [0.25, 0.3) is 0 Å².